The first kappa shape index (κ1) is 14.7. The van der Waals surface area contributed by atoms with Gasteiger partial charge in [-0.2, -0.15) is 0 Å². The molecule has 0 fully saturated rings. The molecule has 0 aliphatic carbocycles. The Bertz CT molecular complexity index is 335. The van der Waals surface area contributed by atoms with Crippen LogP contribution < -0.4 is 0 Å². The zero-order valence-corrected chi connectivity index (χ0v) is 11.0. The van der Waals surface area contributed by atoms with E-state index in [1.165, 1.54) is 0 Å². The minimum absolute atomic E-state index is 0.0492. The molecule has 0 heterocycles. The van der Waals surface area contributed by atoms with E-state index < -0.39 is 0 Å². The Balaban J connectivity index is 2.20. The maximum Gasteiger partial charge on any atom is 0.338 e. The summed E-state index contributed by atoms with van der Waals surface area (Å²) in [4.78, 5) is 11.7. The van der Waals surface area contributed by atoms with Crippen molar-refractivity contribution in [2.45, 2.75) is 45.1 Å². The lowest BCUT2D eigenvalue weighted by Crippen LogP contribution is -2.14. The zero-order chi connectivity index (χ0) is 13.2. The van der Waals surface area contributed by atoms with Crippen molar-refractivity contribution in [1.29, 1.82) is 0 Å². The van der Waals surface area contributed by atoms with Gasteiger partial charge in [0, 0.05) is 6.61 Å². The summed E-state index contributed by atoms with van der Waals surface area (Å²) in [7, 11) is 0. The average Bonchev–Trinajstić information content (AvgIpc) is 2.39. The van der Waals surface area contributed by atoms with E-state index in [-0.39, 0.29) is 18.7 Å². The van der Waals surface area contributed by atoms with Gasteiger partial charge < -0.3 is 9.84 Å². The molecule has 0 unspecified atom stereocenters. The number of carbonyl (C=O) groups excluding carboxylic acids is 1. The summed E-state index contributed by atoms with van der Waals surface area (Å²) in [5.74, 6) is -0.251. The van der Waals surface area contributed by atoms with Crippen molar-refractivity contribution in [3.05, 3.63) is 35.9 Å². The average molecular weight is 250 g/mol. The molecule has 0 aliphatic heterocycles. The first-order chi connectivity index (χ1) is 8.74. The molecule has 0 amide bonds. The second-order valence-corrected chi connectivity index (χ2v) is 4.51. The third kappa shape index (κ3) is 5.82. The van der Waals surface area contributed by atoms with Crippen molar-refractivity contribution in [2.75, 3.05) is 6.61 Å². The van der Waals surface area contributed by atoms with Gasteiger partial charge >= 0.3 is 5.97 Å². The van der Waals surface area contributed by atoms with Crippen LogP contribution in [0.5, 0.6) is 0 Å². The van der Waals surface area contributed by atoms with E-state index in [0.29, 0.717) is 5.56 Å². The number of carbonyl (C=O) groups is 1. The Hall–Kier alpha value is -1.35. The topological polar surface area (TPSA) is 46.5 Å². The highest BCUT2D eigenvalue weighted by Crippen LogP contribution is 2.10. The lowest BCUT2D eigenvalue weighted by atomic mass is 10.1. The molecule has 1 atom stereocenters. The van der Waals surface area contributed by atoms with Crippen LogP contribution in [0.4, 0.5) is 0 Å². The number of aliphatic hydroxyl groups excluding tert-OH is 1. The summed E-state index contributed by atoms with van der Waals surface area (Å²) < 4.78 is 5.35. The number of ether oxygens (including phenoxy) is 1. The largest absolute Gasteiger partial charge is 0.459 e. The maximum absolute atomic E-state index is 11.7. The van der Waals surface area contributed by atoms with E-state index in [1.54, 1.807) is 12.1 Å². The number of rotatable bonds is 8. The summed E-state index contributed by atoms with van der Waals surface area (Å²) >= 11 is 0. The highest BCUT2D eigenvalue weighted by Gasteiger charge is 2.10. The molecule has 0 saturated heterocycles. The fraction of sp³-hybridized carbons (Fsp3) is 0.533. The van der Waals surface area contributed by atoms with Gasteiger partial charge in [-0.3, -0.25) is 0 Å². The van der Waals surface area contributed by atoms with Crippen LogP contribution in [0.15, 0.2) is 30.3 Å². The summed E-state index contributed by atoms with van der Waals surface area (Å²) in [6.07, 6.45) is 4.83. The lowest BCUT2D eigenvalue weighted by Gasteiger charge is -2.13. The smallest absolute Gasteiger partial charge is 0.338 e. The Kier molecular flexibility index (Phi) is 7.11. The predicted molar refractivity (Wildman–Crippen MR) is 71.5 cm³/mol. The quantitative estimate of drug-likeness (QED) is 0.569. The third-order valence-corrected chi connectivity index (χ3v) is 2.84. The second-order valence-electron chi connectivity index (χ2n) is 4.51. The highest BCUT2D eigenvalue weighted by molar-refractivity contribution is 5.89. The molecule has 1 aromatic rings. The summed E-state index contributed by atoms with van der Waals surface area (Å²) in [6, 6.07) is 9.06. The summed E-state index contributed by atoms with van der Waals surface area (Å²) in [5, 5.41) is 8.65. The molecule has 0 aliphatic rings. The minimum Gasteiger partial charge on any atom is -0.459 e. The Morgan fingerprint density at radius 3 is 2.50 bits per heavy atom. The van der Waals surface area contributed by atoms with Gasteiger partial charge in [-0.1, -0.05) is 31.0 Å². The number of esters is 1. The summed E-state index contributed by atoms with van der Waals surface area (Å²) in [5.41, 5.74) is 0.602. The van der Waals surface area contributed by atoms with E-state index in [0.717, 1.165) is 32.1 Å². The number of hydrogen-bond acceptors (Lipinski definition) is 3. The van der Waals surface area contributed by atoms with Crippen molar-refractivity contribution < 1.29 is 14.6 Å². The Morgan fingerprint density at radius 2 is 1.83 bits per heavy atom. The molecule has 0 radical (unpaired) electrons. The molecule has 0 saturated carbocycles. The van der Waals surface area contributed by atoms with Crippen LogP contribution in [0.2, 0.25) is 0 Å². The fourth-order valence-corrected chi connectivity index (χ4v) is 1.78. The van der Waals surface area contributed by atoms with Crippen LogP contribution in [-0.2, 0) is 4.74 Å². The normalized spacial score (nSPS) is 12.1. The number of aliphatic hydroxyl groups is 1. The molecule has 100 valence electrons. The van der Waals surface area contributed by atoms with E-state index in [9.17, 15) is 4.79 Å². The van der Waals surface area contributed by atoms with Crippen LogP contribution in [0.3, 0.4) is 0 Å². The van der Waals surface area contributed by atoms with Crippen LogP contribution in [0, 0.1) is 0 Å². The summed E-state index contributed by atoms with van der Waals surface area (Å²) in [6.45, 7) is 2.19. The molecule has 0 bridgehead atoms. The monoisotopic (exact) mass is 250 g/mol. The number of benzene rings is 1. The van der Waals surface area contributed by atoms with Gasteiger partial charge in [-0.25, -0.2) is 4.79 Å². The van der Waals surface area contributed by atoms with Gasteiger partial charge in [-0.05, 0) is 38.3 Å². The predicted octanol–water partition coefficient (Wildman–Crippen LogP) is 3.17. The molecular weight excluding hydrogens is 228 g/mol. The van der Waals surface area contributed by atoms with Crippen LogP contribution in [0.25, 0.3) is 0 Å². The number of hydrogen-bond donors (Lipinski definition) is 1. The van der Waals surface area contributed by atoms with Gasteiger partial charge in [0.1, 0.15) is 0 Å². The van der Waals surface area contributed by atoms with Gasteiger partial charge in [0.15, 0.2) is 0 Å². The van der Waals surface area contributed by atoms with Crippen molar-refractivity contribution in [3.63, 3.8) is 0 Å². The highest BCUT2D eigenvalue weighted by atomic mass is 16.5. The number of unbranched alkanes of at least 4 members (excludes halogenated alkanes) is 3. The molecule has 1 N–H and O–H groups in total. The molecule has 3 heteroatoms. The fourth-order valence-electron chi connectivity index (χ4n) is 1.78. The van der Waals surface area contributed by atoms with Crippen molar-refractivity contribution in [2.24, 2.45) is 0 Å². The lowest BCUT2D eigenvalue weighted by molar-refractivity contribution is 0.0319. The van der Waals surface area contributed by atoms with Crippen LogP contribution in [0.1, 0.15) is 49.4 Å². The molecule has 1 rings (SSSR count). The third-order valence-electron chi connectivity index (χ3n) is 2.84. The molecular formula is C15H22O3. The van der Waals surface area contributed by atoms with Gasteiger partial charge in [0.05, 0.1) is 11.7 Å². The van der Waals surface area contributed by atoms with Crippen molar-refractivity contribution >= 4 is 5.97 Å². The Labute approximate surface area is 109 Å². The zero-order valence-electron chi connectivity index (χ0n) is 11.0. The minimum atomic E-state index is -0.251. The molecule has 3 nitrogen and oxygen atoms in total. The van der Waals surface area contributed by atoms with E-state index in [4.69, 9.17) is 9.84 Å². The SMILES string of the molecule is C[C@H](CCCCCCO)OC(=O)c1ccccc1. The maximum atomic E-state index is 11.7. The van der Waals surface area contributed by atoms with Gasteiger partial charge in [0.25, 0.3) is 0 Å². The van der Waals surface area contributed by atoms with Crippen LogP contribution in [-0.4, -0.2) is 23.8 Å². The molecule has 1 aromatic carbocycles. The Morgan fingerprint density at radius 1 is 1.17 bits per heavy atom. The van der Waals surface area contributed by atoms with Crippen molar-refractivity contribution in [1.82, 2.24) is 0 Å². The van der Waals surface area contributed by atoms with E-state index in [1.807, 2.05) is 25.1 Å². The van der Waals surface area contributed by atoms with Crippen LogP contribution >= 0.6 is 0 Å². The van der Waals surface area contributed by atoms with Gasteiger partial charge in [-0.15, -0.1) is 0 Å². The first-order valence-corrected chi connectivity index (χ1v) is 6.61. The molecule has 0 aromatic heterocycles. The molecule has 18 heavy (non-hydrogen) atoms. The van der Waals surface area contributed by atoms with E-state index >= 15 is 0 Å². The second kappa shape index (κ2) is 8.70. The van der Waals surface area contributed by atoms with Gasteiger partial charge in [0.2, 0.25) is 0 Å². The van der Waals surface area contributed by atoms with E-state index in [2.05, 4.69) is 0 Å². The molecule has 0 spiro atoms. The van der Waals surface area contributed by atoms with Crippen molar-refractivity contribution in [3.8, 4) is 0 Å². The first-order valence-electron chi connectivity index (χ1n) is 6.61. The standard InChI is InChI=1S/C15H22O3/c1-13(9-5-2-3-8-12-16)18-15(17)14-10-6-4-7-11-14/h4,6-7,10-11,13,16H,2-3,5,8-9,12H2,1H3/t13-/m1/s1.